The Hall–Kier alpha value is -0.830. The summed E-state index contributed by atoms with van der Waals surface area (Å²) < 4.78 is 5.44. The van der Waals surface area contributed by atoms with Crippen LogP contribution in [-0.2, 0) is 10.2 Å². The summed E-state index contributed by atoms with van der Waals surface area (Å²) in [5, 5.41) is 6.97. The molecule has 1 fully saturated rings. The van der Waals surface area contributed by atoms with E-state index in [9.17, 15) is 0 Å². The Kier molecular flexibility index (Phi) is 4.14. The third kappa shape index (κ3) is 2.35. The zero-order chi connectivity index (χ0) is 10.4. The highest BCUT2D eigenvalue weighted by Crippen LogP contribution is 2.47. The van der Waals surface area contributed by atoms with Crippen molar-refractivity contribution >= 4 is 0 Å². The minimum Gasteiger partial charge on any atom is -0.381 e. The molecule has 3 heteroatoms. The lowest BCUT2D eigenvalue weighted by Crippen LogP contribution is -2.15. The van der Waals surface area contributed by atoms with Crippen molar-refractivity contribution in [3.63, 3.8) is 0 Å². The molecule has 0 unspecified atom stereocenters. The van der Waals surface area contributed by atoms with Crippen molar-refractivity contribution in [1.82, 2.24) is 10.2 Å². The highest BCUT2D eigenvalue weighted by Gasteiger charge is 2.45. The second-order valence-corrected chi connectivity index (χ2v) is 3.39. The molecule has 0 aromatic carbocycles. The van der Waals surface area contributed by atoms with Crippen LogP contribution in [0.1, 0.15) is 40.7 Å². The summed E-state index contributed by atoms with van der Waals surface area (Å²) in [6.07, 6.45) is 4.27. The topological polar surface area (TPSA) is 37.9 Å². The van der Waals surface area contributed by atoms with Crippen molar-refractivity contribution in [3.05, 3.63) is 18.0 Å². The number of aromatic nitrogens is 2. The molecule has 2 rings (SSSR count). The van der Waals surface area contributed by atoms with Crippen LogP contribution in [0.15, 0.2) is 12.3 Å². The zero-order valence-electron chi connectivity index (χ0n) is 9.34. The first-order valence-corrected chi connectivity index (χ1v) is 5.45. The number of nitrogens with one attached hydrogen (secondary N) is 1. The second kappa shape index (κ2) is 5.15. The van der Waals surface area contributed by atoms with Crippen molar-refractivity contribution in [2.75, 3.05) is 13.2 Å². The predicted molar refractivity (Wildman–Crippen MR) is 59.5 cm³/mol. The second-order valence-electron chi connectivity index (χ2n) is 3.39. The predicted octanol–water partition coefficient (Wildman–Crippen LogP) is 2.75. The Morgan fingerprint density at radius 2 is 2.29 bits per heavy atom. The van der Waals surface area contributed by atoms with Crippen LogP contribution in [-0.4, -0.2) is 23.4 Å². The molecule has 0 saturated heterocycles. The molecule has 0 bridgehead atoms. The fraction of sp³-hybridized carbons (Fsp3) is 0.727. The minimum absolute atomic E-state index is 0. The number of H-pyrrole nitrogens is 1. The van der Waals surface area contributed by atoms with Crippen molar-refractivity contribution in [2.45, 2.75) is 39.0 Å². The van der Waals surface area contributed by atoms with E-state index in [1.54, 1.807) is 6.20 Å². The summed E-state index contributed by atoms with van der Waals surface area (Å²) in [5.74, 6) is 0. The maximum atomic E-state index is 5.44. The molecule has 1 N–H and O–H groups in total. The van der Waals surface area contributed by atoms with Crippen molar-refractivity contribution in [2.24, 2.45) is 0 Å². The zero-order valence-corrected chi connectivity index (χ0v) is 9.34. The van der Waals surface area contributed by atoms with Gasteiger partial charge in [-0.3, -0.25) is 5.10 Å². The highest BCUT2D eigenvalue weighted by atomic mass is 16.5. The molecule has 0 aliphatic heterocycles. The molecule has 0 atom stereocenters. The summed E-state index contributed by atoms with van der Waals surface area (Å²) in [4.78, 5) is 0. The van der Waals surface area contributed by atoms with Crippen LogP contribution in [0.2, 0.25) is 0 Å². The van der Waals surface area contributed by atoms with E-state index in [-0.39, 0.29) is 6.84 Å². The van der Waals surface area contributed by atoms with Gasteiger partial charge in [-0.1, -0.05) is 13.8 Å². The van der Waals surface area contributed by atoms with Gasteiger partial charge in [-0.15, -0.1) is 0 Å². The van der Waals surface area contributed by atoms with Gasteiger partial charge in [-0.2, -0.15) is 5.10 Å². The molecule has 0 spiro atoms. The van der Waals surface area contributed by atoms with E-state index in [1.165, 1.54) is 18.5 Å². The van der Waals surface area contributed by atoms with E-state index in [2.05, 4.69) is 10.2 Å². The Balaban J connectivity index is 0.000000617. The first-order chi connectivity index (χ1) is 6.87. The fourth-order valence-electron chi connectivity index (χ4n) is 1.49. The lowest BCUT2D eigenvalue weighted by molar-refractivity contribution is 0.124. The first-order valence-electron chi connectivity index (χ1n) is 5.45. The Morgan fingerprint density at radius 3 is 2.71 bits per heavy atom. The lowest BCUT2D eigenvalue weighted by atomic mass is 10.0. The third-order valence-electron chi connectivity index (χ3n) is 2.51. The SMILES string of the molecule is CC.CCOCC1(c2ccn[nH]2)CC1.[HH]. The Bertz CT molecular complexity index is 245. The van der Waals surface area contributed by atoms with Gasteiger partial charge in [0.25, 0.3) is 0 Å². The highest BCUT2D eigenvalue weighted by molar-refractivity contribution is 5.22. The fourth-order valence-corrected chi connectivity index (χ4v) is 1.49. The van der Waals surface area contributed by atoms with E-state index >= 15 is 0 Å². The standard InChI is InChI=1S/C9H14N2O.C2H6.H2/c1-2-12-7-9(4-5-9)8-3-6-10-11-8;1-2;/h3,6H,2,4-5,7H2,1H3,(H,10,11);1-2H3;1H. The quantitative estimate of drug-likeness (QED) is 0.807. The molecule has 1 aliphatic rings. The van der Waals surface area contributed by atoms with Gasteiger partial charge in [-0.25, -0.2) is 0 Å². The molecule has 14 heavy (non-hydrogen) atoms. The average Bonchev–Trinajstić information content (AvgIpc) is 2.82. The van der Waals surface area contributed by atoms with Crippen LogP contribution < -0.4 is 0 Å². The van der Waals surface area contributed by atoms with Crippen LogP contribution in [0.3, 0.4) is 0 Å². The van der Waals surface area contributed by atoms with Crippen molar-refractivity contribution in [1.29, 1.82) is 0 Å². The van der Waals surface area contributed by atoms with Crippen molar-refractivity contribution in [3.8, 4) is 0 Å². The van der Waals surface area contributed by atoms with Crippen LogP contribution in [0.5, 0.6) is 0 Å². The van der Waals surface area contributed by atoms with E-state index in [4.69, 9.17) is 4.74 Å². The molecule has 0 radical (unpaired) electrons. The van der Waals surface area contributed by atoms with Crippen molar-refractivity contribution < 1.29 is 6.16 Å². The molecule has 3 nitrogen and oxygen atoms in total. The smallest absolute Gasteiger partial charge is 0.0577 e. The van der Waals surface area contributed by atoms with E-state index < -0.39 is 0 Å². The van der Waals surface area contributed by atoms with Gasteiger partial charge in [0.1, 0.15) is 0 Å². The number of ether oxygens (including phenoxy) is 1. The molecule has 82 valence electrons. The molecule has 1 aliphatic carbocycles. The maximum absolute atomic E-state index is 5.44. The van der Waals surface area contributed by atoms with Gasteiger partial charge >= 0.3 is 0 Å². The van der Waals surface area contributed by atoms with Crippen LogP contribution in [0.25, 0.3) is 0 Å². The van der Waals surface area contributed by atoms with Crippen LogP contribution in [0, 0.1) is 0 Å². The van der Waals surface area contributed by atoms with Crippen LogP contribution >= 0.6 is 0 Å². The number of hydrogen-bond acceptors (Lipinski definition) is 2. The van der Waals surface area contributed by atoms with Gasteiger partial charge in [0.05, 0.1) is 6.61 Å². The van der Waals surface area contributed by atoms with Gasteiger partial charge < -0.3 is 4.74 Å². The molecule has 1 aromatic heterocycles. The van der Waals surface area contributed by atoms with E-state index in [0.29, 0.717) is 0 Å². The molecule has 1 saturated carbocycles. The van der Waals surface area contributed by atoms with Crippen LogP contribution in [0.4, 0.5) is 0 Å². The molecular weight excluding hydrogens is 176 g/mol. The summed E-state index contributed by atoms with van der Waals surface area (Å²) >= 11 is 0. The number of aromatic amines is 1. The summed E-state index contributed by atoms with van der Waals surface area (Å²) in [6.45, 7) is 7.67. The third-order valence-corrected chi connectivity index (χ3v) is 2.51. The van der Waals surface area contributed by atoms with E-state index in [1.807, 2.05) is 26.8 Å². The van der Waals surface area contributed by atoms with Gasteiger partial charge in [-0.05, 0) is 25.8 Å². The maximum Gasteiger partial charge on any atom is 0.0577 e. The number of nitrogens with zero attached hydrogens (tertiary/aromatic N) is 1. The Morgan fingerprint density at radius 1 is 1.57 bits per heavy atom. The summed E-state index contributed by atoms with van der Waals surface area (Å²) in [6, 6.07) is 2.05. The largest absolute Gasteiger partial charge is 0.381 e. The van der Waals surface area contributed by atoms with Gasteiger partial charge in [0, 0.05) is 25.3 Å². The van der Waals surface area contributed by atoms with Gasteiger partial charge in [0.2, 0.25) is 0 Å². The normalized spacial score (nSPS) is 17.1. The number of hydrogen-bond donors (Lipinski definition) is 1. The van der Waals surface area contributed by atoms with Gasteiger partial charge in [0.15, 0.2) is 0 Å². The average molecular weight is 198 g/mol. The summed E-state index contributed by atoms with van der Waals surface area (Å²) in [5.41, 5.74) is 1.52. The molecule has 1 heterocycles. The summed E-state index contributed by atoms with van der Waals surface area (Å²) in [7, 11) is 0. The van der Waals surface area contributed by atoms with E-state index in [0.717, 1.165) is 13.2 Å². The number of rotatable bonds is 4. The first kappa shape index (κ1) is 11.2. The molecular formula is C11H22N2O. The lowest BCUT2D eigenvalue weighted by Gasteiger charge is -2.11. The Labute approximate surface area is 87.3 Å². The molecule has 0 amide bonds. The minimum atomic E-state index is 0. The molecule has 1 aromatic rings. The monoisotopic (exact) mass is 198 g/mol.